The van der Waals surface area contributed by atoms with Crippen LogP contribution in [0.2, 0.25) is 0 Å². The molecule has 2 amide bonds. The molecule has 11 heteroatoms. The van der Waals surface area contributed by atoms with E-state index in [4.69, 9.17) is 5.73 Å². The van der Waals surface area contributed by atoms with E-state index in [2.05, 4.69) is 10.6 Å². The van der Waals surface area contributed by atoms with Gasteiger partial charge in [-0.1, -0.05) is 56.3 Å². The molecule has 3 aromatic carbocycles. The first-order valence-electron chi connectivity index (χ1n) is 13.2. The van der Waals surface area contributed by atoms with Gasteiger partial charge in [0.1, 0.15) is 6.04 Å². The first-order chi connectivity index (χ1) is 19.0. The van der Waals surface area contributed by atoms with Gasteiger partial charge >= 0.3 is 6.09 Å². The molecule has 0 saturated carbocycles. The van der Waals surface area contributed by atoms with E-state index in [0.29, 0.717) is 18.5 Å². The minimum atomic E-state index is -3.90. The summed E-state index contributed by atoms with van der Waals surface area (Å²) in [7, 11) is -3.90. The van der Waals surface area contributed by atoms with Crippen LogP contribution in [-0.2, 0) is 21.2 Å². The molecule has 0 heterocycles. The number of amides is 2. The number of aliphatic hydroxyl groups is 1. The summed E-state index contributed by atoms with van der Waals surface area (Å²) in [4.78, 5) is 24.4. The molecule has 0 aromatic heterocycles. The number of carbonyl (C=O) groups excluding carboxylic acids is 1. The summed E-state index contributed by atoms with van der Waals surface area (Å²) in [6.07, 6.45) is -0.471. The number of rotatable bonds is 14. The molecule has 0 radical (unpaired) electrons. The Labute approximate surface area is 235 Å². The molecule has 0 aliphatic rings. The number of aliphatic hydroxyl groups excluding tert-OH is 1. The number of nitrogen functional groups attached to an aromatic ring is 1. The highest BCUT2D eigenvalue weighted by atomic mass is 32.2. The summed E-state index contributed by atoms with van der Waals surface area (Å²) in [5, 5.41) is 26.5. The van der Waals surface area contributed by atoms with Crippen LogP contribution in [0.3, 0.4) is 0 Å². The molecule has 0 bridgehead atoms. The molecule has 40 heavy (non-hydrogen) atoms. The van der Waals surface area contributed by atoms with E-state index in [9.17, 15) is 28.2 Å². The van der Waals surface area contributed by atoms with Gasteiger partial charge in [-0.2, -0.15) is 4.31 Å². The largest absolute Gasteiger partial charge is 0.465 e. The summed E-state index contributed by atoms with van der Waals surface area (Å²) in [5.74, 6) is -0.472. The van der Waals surface area contributed by atoms with Crippen LogP contribution in [0.4, 0.5) is 10.5 Å². The fourth-order valence-electron chi connectivity index (χ4n) is 4.54. The maximum atomic E-state index is 13.4. The Morgan fingerprint density at radius 2 is 1.68 bits per heavy atom. The minimum absolute atomic E-state index is 0.00951. The lowest BCUT2D eigenvalue weighted by molar-refractivity contribution is -0.123. The first kappa shape index (κ1) is 30.9. The predicted octanol–water partition coefficient (Wildman–Crippen LogP) is 3.20. The van der Waals surface area contributed by atoms with Crippen molar-refractivity contribution in [1.29, 1.82) is 0 Å². The smallest absolute Gasteiger partial charge is 0.405 e. The van der Waals surface area contributed by atoms with Gasteiger partial charge < -0.3 is 26.6 Å². The van der Waals surface area contributed by atoms with Gasteiger partial charge in [0.05, 0.1) is 11.5 Å². The fourth-order valence-corrected chi connectivity index (χ4v) is 6.35. The number of nitrogens with two attached hydrogens (primary N) is 1. The summed E-state index contributed by atoms with van der Waals surface area (Å²) in [6.45, 7) is 3.79. The highest BCUT2D eigenvalue weighted by Gasteiger charge is 2.31. The molecule has 0 spiro atoms. The van der Waals surface area contributed by atoms with Crippen LogP contribution in [-0.4, -0.2) is 66.7 Å². The van der Waals surface area contributed by atoms with E-state index in [-0.39, 0.29) is 36.9 Å². The molecule has 0 unspecified atom stereocenters. The lowest BCUT2D eigenvalue weighted by Crippen LogP contribution is -2.48. The highest BCUT2D eigenvalue weighted by Crippen LogP contribution is 2.23. The number of sulfonamides is 1. The summed E-state index contributed by atoms with van der Waals surface area (Å²) >= 11 is 0. The molecule has 216 valence electrons. The Morgan fingerprint density at radius 1 is 1.00 bits per heavy atom. The molecule has 0 aliphatic heterocycles. The van der Waals surface area contributed by atoms with Gasteiger partial charge in [0, 0.05) is 31.2 Å². The van der Waals surface area contributed by atoms with E-state index in [0.717, 1.165) is 16.3 Å². The average molecular weight is 571 g/mol. The summed E-state index contributed by atoms with van der Waals surface area (Å²) < 4.78 is 28.1. The van der Waals surface area contributed by atoms with Crippen LogP contribution in [0, 0.1) is 5.92 Å². The second-order valence-electron chi connectivity index (χ2n) is 10.2. The Balaban J connectivity index is 1.64. The van der Waals surface area contributed by atoms with E-state index in [1.54, 1.807) is 0 Å². The normalized spacial score (nSPS) is 13.3. The second-order valence-corrected chi connectivity index (χ2v) is 12.1. The third kappa shape index (κ3) is 8.41. The molecular formula is C29H38N4O6S. The van der Waals surface area contributed by atoms with Crippen molar-refractivity contribution in [2.24, 2.45) is 5.92 Å². The Morgan fingerprint density at radius 3 is 2.30 bits per heavy atom. The van der Waals surface area contributed by atoms with Crippen molar-refractivity contribution in [3.63, 3.8) is 0 Å². The number of hydrogen-bond acceptors (Lipinski definition) is 6. The van der Waals surface area contributed by atoms with Crippen LogP contribution in [0.15, 0.2) is 71.6 Å². The molecule has 10 nitrogen and oxygen atoms in total. The van der Waals surface area contributed by atoms with Crippen LogP contribution < -0.4 is 16.4 Å². The molecule has 2 atom stereocenters. The number of carboxylic acid groups (broad SMARTS) is 1. The van der Waals surface area contributed by atoms with Crippen molar-refractivity contribution < 1.29 is 28.2 Å². The van der Waals surface area contributed by atoms with Gasteiger partial charge in [-0.25, -0.2) is 13.2 Å². The van der Waals surface area contributed by atoms with Crippen molar-refractivity contribution in [2.75, 3.05) is 25.4 Å². The molecule has 3 aromatic rings. The molecule has 0 aliphatic carbocycles. The number of carbonyl (C=O) groups is 2. The second kappa shape index (κ2) is 14.1. The Kier molecular flexibility index (Phi) is 10.9. The van der Waals surface area contributed by atoms with Gasteiger partial charge in [0.15, 0.2) is 0 Å². The summed E-state index contributed by atoms with van der Waals surface area (Å²) in [6, 6.07) is 17.7. The van der Waals surface area contributed by atoms with Gasteiger partial charge in [-0.3, -0.25) is 4.79 Å². The molecule has 0 saturated heterocycles. The van der Waals surface area contributed by atoms with Gasteiger partial charge in [-0.05, 0) is 59.4 Å². The lowest BCUT2D eigenvalue weighted by Gasteiger charge is -2.31. The van der Waals surface area contributed by atoms with Crippen LogP contribution in [0.25, 0.3) is 10.8 Å². The number of benzene rings is 3. The van der Waals surface area contributed by atoms with Crippen LogP contribution in [0.1, 0.15) is 32.3 Å². The van der Waals surface area contributed by atoms with Crippen molar-refractivity contribution in [3.05, 3.63) is 72.3 Å². The van der Waals surface area contributed by atoms with Crippen molar-refractivity contribution in [2.45, 2.75) is 50.1 Å². The summed E-state index contributed by atoms with van der Waals surface area (Å²) in [5.41, 5.74) is 6.97. The van der Waals surface area contributed by atoms with E-state index in [1.807, 2.05) is 56.3 Å². The zero-order valence-electron chi connectivity index (χ0n) is 22.8. The molecule has 6 N–H and O–H groups in total. The number of nitrogens with one attached hydrogen (secondary N) is 2. The molecule has 3 rings (SSSR count). The predicted molar refractivity (Wildman–Crippen MR) is 155 cm³/mol. The third-order valence-corrected chi connectivity index (χ3v) is 8.46. The number of fused-ring (bicyclic) bond motifs is 1. The van der Waals surface area contributed by atoms with Crippen LogP contribution >= 0.6 is 0 Å². The Bertz CT molecular complexity index is 1400. The number of nitrogens with zero attached hydrogens (tertiary/aromatic N) is 1. The average Bonchev–Trinajstić information content (AvgIpc) is 2.91. The standard InChI is InChI=1S/C29H38N4O6S/c1-20(2)18-33(40(38,39)26-13-11-24(30)12-14-26)25(19-34)8-5-15-31-28(35)27(32-29(36)37)17-21-9-10-22-6-3-4-7-23(22)16-21/h3-4,6-7,9-14,16,20,25,27,32,34H,5,8,15,17-19,30H2,1-2H3,(H,31,35)(H,36,37)/t25-,27-/m0/s1. The molecule has 0 fully saturated rings. The number of anilines is 1. The molecular weight excluding hydrogens is 532 g/mol. The maximum absolute atomic E-state index is 13.4. The quantitative estimate of drug-likeness (QED) is 0.147. The Hall–Kier alpha value is -3.67. The first-order valence-corrected chi connectivity index (χ1v) is 14.7. The van der Waals surface area contributed by atoms with Crippen molar-refractivity contribution in [3.8, 4) is 0 Å². The topological polar surface area (TPSA) is 162 Å². The lowest BCUT2D eigenvalue weighted by atomic mass is 10.0. The number of hydrogen-bond donors (Lipinski definition) is 5. The zero-order valence-corrected chi connectivity index (χ0v) is 23.6. The van der Waals surface area contributed by atoms with E-state index < -0.39 is 34.1 Å². The van der Waals surface area contributed by atoms with Crippen molar-refractivity contribution >= 4 is 38.5 Å². The highest BCUT2D eigenvalue weighted by molar-refractivity contribution is 7.89. The zero-order chi connectivity index (χ0) is 29.3. The van der Waals surface area contributed by atoms with E-state index >= 15 is 0 Å². The van der Waals surface area contributed by atoms with Crippen molar-refractivity contribution in [1.82, 2.24) is 14.9 Å². The monoisotopic (exact) mass is 570 g/mol. The van der Waals surface area contributed by atoms with Crippen LogP contribution in [0.5, 0.6) is 0 Å². The SMILES string of the molecule is CC(C)CN([C@H](CO)CCCNC(=O)[C@H](Cc1ccc2ccccc2c1)NC(=O)O)S(=O)(=O)c1ccc(N)cc1. The minimum Gasteiger partial charge on any atom is -0.465 e. The fraction of sp³-hybridized carbons (Fsp3) is 0.379. The van der Waals surface area contributed by atoms with Gasteiger partial charge in [0.2, 0.25) is 15.9 Å². The van der Waals surface area contributed by atoms with E-state index in [1.165, 1.54) is 28.6 Å². The third-order valence-electron chi connectivity index (χ3n) is 6.53. The van der Waals surface area contributed by atoms with Gasteiger partial charge in [-0.15, -0.1) is 0 Å². The maximum Gasteiger partial charge on any atom is 0.405 e. The van der Waals surface area contributed by atoms with Gasteiger partial charge in [0.25, 0.3) is 0 Å².